The highest BCUT2D eigenvalue weighted by Gasteiger charge is 2.40. The molecule has 136 valence electrons. The van der Waals surface area contributed by atoms with Gasteiger partial charge < -0.3 is 9.64 Å². The van der Waals surface area contributed by atoms with Crippen molar-refractivity contribution in [1.29, 1.82) is 0 Å². The number of amides is 1. The highest BCUT2D eigenvalue weighted by atomic mass is 127. The van der Waals surface area contributed by atoms with E-state index in [2.05, 4.69) is 36.4 Å². The zero-order chi connectivity index (χ0) is 18.7. The third kappa shape index (κ3) is 3.99. The number of carbonyl (C=O) groups is 2. The number of ketones is 1. The molecule has 1 heterocycles. The molecule has 3 rings (SSSR count). The van der Waals surface area contributed by atoms with Crippen LogP contribution in [0.15, 0.2) is 48.5 Å². The number of carbonyl (C=O) groups excluding carboxylic acids is 2. The number of Topliss-reactive ketones (excluding diaryl/α,β-unsaturated/α-hetero) is 1. The van der Waals surface area contributed by atoms with Gasteiger partial charge in [-0.15, -0.1) is 0 Å². The van der Waals surface area contributed by atoms with E-state index < -0.39 is 6.10 Å². The van der Waals surface area contributed by atoms with E-state index in [0.29, 0.717) is 23.7 Å². The van der Waals surface area contributed by atoms with Gasteiger partial charge in [-0.25, -0.2) is 0 Å². The second kappa shape index (κ2) is 8.31. The van der Waals surface area contributed by atoms with Crippen LogP contribution < -0.4 is 4.90 Å². The van der Waals surface area contributed by atoms with Gasteiger partial charge >= 0.3 is 0 Å². The summed E-state index contributed by atoms with van der Waals surface area (Å²) in [5, 5.41) is 0. The summed E-state index contributed by atoms with van der Waals surface area (Å²) in [6.07, 6.45) is -0.113. The molecule has 0 saturated carbocycles. The maximum absolute atomic E-state index is 13.0. The van der Waals surface area contributed by atoms with E-state index in [-0.39, 0.29) is 18.3 Å². The van der Waals surface area contributed by atoms with E-state index in [0.717, 1.165) is 15.6 Å². The molecule has 2 atom stereocenters. The van der Waals surface area contributed by atoms with Crippen molar-refractivity contribution in [3.8, 4) is 0 Å². The van der Waals surface area contributed by atoms with Crippen molar-refractivity contribution in [1.82, 2.24) is 0 Å². The van der Waals surface area contributed by atoms with Crippen LogP contribution in [0.4, 0.5) is 5.69 Å². The number of nitrogens with zero attached hydrogens (tertiary/aromatic N) is 1. The van der Waals surface area contributed by atoms with Crippen LogP contribution in [0, 0.1) is 9.49 Å². The standard InChI is InChI=1S/C21H22INO3/c1-3-14(2)12-23-18-10-9-16(22)11-17(18)19(24)20(21(23)25)26-13-15-7-5-4-6-8-15/h4-11,14,20H,3,12-13H2,1-2H3. The maximum Gasteiger partial charge on any atom is 0.264 e. The summed E-state index contributed by atoms with van der Waals surface area (Å²) >= 11 is 2.18. The van der Waals surface area contributed by atoms with E-state index in [9.17, 15) is 9.59 Å². The second-order valence-electron chi connectivity index (χ2n) is 6.66. The first-order chi connectivity index (χ1) is 12.5. The molecule has 0 aromatic heterocycles. The monoisotopic (exact) mass is 463 g/mol. The van der Waals surface area contributed by atoms with Crippen LogP contribution in [0.1, 0.15) is 36.2 Å². The Morgan fingerprint density at radius 2 is 1.88 bits per heavy atom. The average molecular weight is 463 g/mol. The second-order valence-corrected chi connectivity index (χ2v) is 7.91. The molecule has 0 radical (unpaired) electrons. The minimum absolute atomic E-state index is 0.236. The van der Waals surface area contributed by atoms with Gasteiger partial charge in [0, 0.05) is 15.7 Å². The fourth-order valence-electron chi connectivity index (χ4n) is 2.98. The predicted octanol–water partition coefficient (Wildman–Crippen LogP) is 4.45. The summed E-state index contributed by atoms with van der Waals surface area (Å²) in [7, 11) is 0. The highest BCUT2D eigenvalue weighted by Crippen LogP contribution is 2.31. The van der Waals surface area contributed by atoms with Gasteiger partial charge in [0.2, 0.25) is 5.78 Å². The Hall–Kier alpha value is -1.73. The van der Waals surface area contributed by atoms with Crippen LogP contribution in [-0.4, -0.2) is 24.3 Å². The first-order valence-corrected chi connectivity index (χ1v) is 9.89. The Balaban J connectivity index is 1.90. The SMILES string of the molecule is CCC(C)CN1C(=O)C(OCc2ccccc2)C(=O)c2cc(I)ccc21. The lowest BCUT2D eigenvalue weighted by atomic mass is 9.95. The lowest BCUT2D eigenvalue weighted by Crippen LogP contribution is -2.50. The number of halogens is 1. The summed E-state index contributed by atoms with van der Waals surface area (Å²) in [5.74, 6) is -0.172. The average Bonchev–Trinajstić information content (AvgIpc) is 2.65. The topological polar surface area (TPSA) is 46.6 Å². The predicted molar refractivity (Wildman–Crippen MR) is 110 cm³/mol. The lowest BCUT2D eigenvalue weighted by molar-refractivity contribution is -0.128. The molecule has 0 aliphatic carbocycles. The minimum Gasteiger partial charge on any atom is -0.355 e. The Bertz CT molecular complexity index is 806. The quantitative estimate of drug-likeness (QED) is 0.470. The molecule has 0 spiro atoms. The van der Waals surface area contributed by atoms with Gasteiger partial charge in [-0.3, -0.25) is 9.59 Å². The molecular weight excluding hydrogens is 441 g/mol. The van der Waals surface area contributed by atoms with Gasteiger partial charge in [0.1, 0.15) is 0 Å². The number of rotatable bonds is 6. The van der Waals surface area contributed by atoms with Gasteiger partial charge in [0.25, 0.3) is 5.91 Å². The molecule has 0 fully saturated rings. The van der Waals surface area contributed by atoms with Crippen molar-refractivity contribution in [3.05, 3.63) is 63.2 Å². The molecule has 5 heteroatoms. The normalized spacial score (nSPS) is 18.0. The summed E-state index contributed by atoms with van der Waals surface area (Å²) < 4.78 is 6.76. The lowest BCUT2D eigenvalue weighted by Gasteiger charge is -2.34. The number of anilines is 1. The van der Waals surface area contributed by atoms with Gasteiger partial charge in [0.05, 0.1) is 12.3 Å². The van der Waals surface area contributed by atoms with E-state index in [4.69, 9.17) is 4.74 Å². The molecule has 1 aliphatic rings. The van der Waals surface area contributed by atoms with E-state index in [1.807, 2.05) is 48.5 Å². The largest absolute Gasteiger partial charge is 0.355 e. The van der Waals surface area contributed by atoms with Crippen LogP contribution >= 0.6 is 22.6 Å². The van der Waals surface area contributed by atoms with Crippen LogP contribution in [0.5, 0.6) is 0 Å². The van der Waals surface area contributed by atoms with Crippen LogP contribution in [0.3, 0.4) is 0 Å². The minimum atomic E-state index is -1.08. The maximum atomic E-state index is 13.0. The van der Waals surface area contributed by atoms with Gasteiger partial charge in [-0.1, -0.05) is 50.6 Å². The fraction of sp³-hybridized carbons (Fsp3) is 0.333. The number of ether oxygens (including phenoxy) is 1. The van der Waals surface area contributed by atoms with Gasteiger partial charge in [0.15, 0.2) is 6.10 Å². The first kappa shape index (κ1) is 19.0. The Labute approximate surface area is 167 Å². The van der Waals surface area contributed by atoms with Crippen molar-refractivity contribution in [2.75, 3.05) is 11.4 Å². The zero-order valence-corrected chi connectivity index (χ0v) is 17.1. The summed E-state index contributed by atoms with van der Waals surface area (Å²) in [6.45, 7) is 5.03. The van der Waals surface area contributed by atoms with Crippen molar-refractivity contribution in [3.63, 3.8) is 0 Å². The molecule has 0 N–H and O–H groups in total. The van der Waals surface area contributed by atoms with Gasteiger partial charge in [-0.05, 0) is 52.3 Å². The molecule has 1 amide bonds. The molecule has 2 aromatic rings. The van der Waals surface area contributed by atoms with E-state index in [1.54, 1.807) is 4.90 Å². The molecule has 2 aromatic carbocycles. The molecule has 0 saturated heterocycles. The number of hydrogen-bond acceptors (Lipinski definition) is 3. The van der Waals surface area contributed by atoms with E-state index in [1.165, 1.54) is 0 Å². The Kier molecular flexibility index (Phi) is 6.09. The highest BCUT2D eigenvalue weighted by molar-refractivity contribution is 14.1. The van der Waals surface area contributed by atoms with Crippen molar-refractivity contribution < 1.29 is 14.3 Å². The summed E-state index contributed by atoms with van der Waals surface area (Å²) in [5.41, 5.74) is 2.20. The molecular formula is C21H22INO3. The van der Waals surface area contributed by atoms with Crippen molar-refractivity contribution in [2.24, 2.45) is 5.92 Å². The van der Waals surface area contributed by atoms with Gasteiger partial charge in [-0.2, -0.15) is 0 Å². The van der Waals surface area contributed by atoms with Crippen molar-refractivity contribution in [2.45, 2.75) is 33.0 Å². The number of fused-ring (bicyclic) bond motifs is 1. The molecule has 0 bridgehead atoms. The molecule has 1 aliphatic heterocycles. The molecule has 4 nitrogen and oxygen atoms in total. The number of benzene rings is 2. The fourth-order valence-corrected chi connectivity index (χ4v) is 3.48. The third-order valence-corrected chi connectivity index (χ3v) is 5.36. The Morgan fingerprint density at radius 3 is 2.58 bits per heavy atom. The van der Waals surface area contributed by atoms with Crippen molar-refractivity contribution >= 4 is 40.0 Å². The van der Waals surface area contributed by atoms with Crippen LogP contribution in [-0.2, 0) is 16.1 Å². The first-order valence-electron chi connectivity index (χ1n) is 8.82. The molecule has 2 unspecified atom stereocenters. The smallest absolute Gasteiger partial charge is 0.264 e. The number of hydrogen-bond donors (Lipinski definition) is 0. The third-order valence-electron chi connectivity index (χ3n) is 4.69. The van der Waals surface area contributed by atoms with Crippen LogP contribution in [0.2, 0.25) is 0 Å². The molecule has 26 heavy (non-hydrogen) atoms. The van der Waals surface area contributed by atoms with Crippen LogP contribution in [0.25, 0.3) is 0 Å². The summed E-state index contributed by atoms with van der Waals surface area (Å²) in [6, 6.07) is 15.2. The zero-order valence-electron chi connectivity index (χ0n) is 14.9. The summed E-state index contributed by atoms with van der Waals surface area (Å²) in [4.78, 5) is 27.7. The van der Waals surface area contributed by atoms with E-state index >= 15 is 0 Å². The Morgan fingerprint density at radius 1 is 1.15 bits per heavy atom.